The van der Waals surface area contributed by atoms with E-state index < -0.39 is 10.5 Å². The van der Waals surface area contributed by atoms with Crippen LogP contribution in [0.2, 0.25) is 0 Å². The number of nitrogens with zero attached hydrogens (tertiary/aromatic N) is 3. The molecule has 9 heteroatoms. The van der Waals surface area contributed by atoms with Crippen LogP contribution >= 0.6 is 0 Å². The van der Waals surface area contributed by atoms with E-state index in [9.17, 15) is 14.9 Å². The lowest BCUT2D eigenvalue weighted by molar-refractivity contribution is -0.384. The van der Waals surface area contributed by atoms with Crippen LogP contribution in [0.5, 0.6) is 0 Å². The number of carbonyl (C=O) groups excluding carboxylic acids is 1. The van der Waals surface area contributed by atoms with Crippen molar-refractivity contribution in [2.45, 2.75) is 39.4 Å². The zero-order valence-corrected chi connectivity index (χ0v) is 14.9. The van der Waals surface area contributed by atoms with Crippen LogP contribution < -0.4 is 5.32 Å². The highest BCUT2D eigenvalue weighted by Gasteiger charge is 2.28. The summed E-state index contributed by atoms with van der Waals surface area (Å²) in [4.78, 5) is 28.4. The largest absolute Gasteiger partial charge is 0.444 e. The molecule has 0 bridgehead atoms. The van der Waals surface area contributed by atoms with Gasteiger partial charge in [0.1, 0.15) is 5.60 Å². The van der Waals surface area contributed by atoms with Crippen molar-refractivity contribution in [2.75, 3.05) is 31.6 Å². The van der Waals surface area contributed by atoms with Gasteiger partial charge < -0.3 is 19.7 Å². The average Bonchev–Trinajstić information content (AvgIpc) is 2.52. The second kappa shape index (κ2) is 7.64. The van der Waals surface area contributed by atoms with Crippen LogP contribution in [0.3, 0.4) is 0 Å². The number of hydrogen-bond donors (Lipinski definition) is 1. The van der Waals surface area contributed by atoms with Gasteiger partial charge in [0.15, 0.2) is 0 Å². The molecule has 1 unspecified atom stereocenters. The van der Waals surface area contributed by atoms with Crippen LogP contribution in [0.15, 0.2) is 12.3 Å². The SMILES string of the molecule is Cc1cnc(NCC2CN(C(=O)OC(C)(C)C)CCO2)c([N+](=O)[O-])c1. The molecule has 0 aromatic carbocycles. The first-order chi connectivity index (χ1) is 11.7. The van der Waals surface area contributed by atoms with Crippen LogP contribution in [0.1, 0.15) is 26.3 Å². The topological polar surface area (TPSA) is 107 Å². The average molecular weight is 352 g/mol. The molecule has 1 aliphatic rings. The molecule has 1 aliphatic heterocycles. The van der Waals surface area contributed by atoms with Crippen LogP contribution in [0.4, 0.5) is 16.3 Å². The van der Waals surface area contributed by atoms with E-state index in [1.807, 2.05) is 20.8 Å². The van der Waals surface area contributed by atoms with Gasteiger partial charge in [0, 0.05) is 25.4 Å². The molecule has 2 rings (SSSR count). The van der Waals surface area contributed by atoms with Crippen molar-refractivity contribution in [3.8, 4) is 0 Å². The third-order valence-corrected chi connectivity index (χ3v) is 3.49. The first-order valence-corrected chi connectivity index (χ1v) is 8.10. The van der Waals surface area contributed by atoms with Crippen molar-refractivity contribution in [3.05, 3.63) is 27.9 Å². The van der Waals surface area contributed by atoms with Gasteiger partial charge in [0.05, 0.1) is 24.2 Å². The standard InChI is InChI=1S/C16H24N4O5/c1-11-7-13(20(22)23)14(17-8-11)18-9-12-10-19(5-6-24-12)15(21)25-16(2,3)4/h7-8,12H,5-6,9-10H2,1-4H3,(H,17,18). The van der Waals surface area contributed by atoms with Gasteiger partial charge in [0.25, 0.3) is 0 Å². The molecule has 1 amide bonds. The fourth-order valence-electron chi connectivity index (χ4n) is 2.37. The molecule has 0 spiro atoms. The Labute approximate surface area is 146 Å². The van der Waals surface area contributed by atoms with Gasteiger partial charge in [-0.1, -0.05) is 0 Å². The molecule has 138 valence electrons. The minimum atomic E-state index is -0.560. The number of anilines is 1. The number of pyridine rings is 1. The van der Waals surface area contributed by atoms with Crippen LogP contribution in [-0.4, -0.2) is 58.8 Å². The molecule has 1 aromatic rings. The second-order valence-corrected chi connectivity index (χ2v) is 6.94. The maximum Gasteiger partial charge on any atom is 0.410 e. The first kappa shape index (κ1) is 18.9. The number of hydrogen-bond acceptors (Lipinski definition) is 7. The van der Waals surface area contributed by atoms with E-state index in [0.717, 1.165) is 0 Å². The number of carbonyl (C=O) groups is 1. The van der Waals surface area contributed by atoms with E-state index in [2.05, 4.69) is 10.3 Å². The Bertz CT molecular complexity index is 644. The minimum Gasteiger partial charge on any atom is -0.444 e. The molecule has 0 saturated carbocycles. The number of ether oxygens (including phenoxy) is 2. The minimum absolute atomic E-state index is 0.0835. The summed E-state index contributed by atoms with van der Waals surface area (Å²) >= 11 is 0. The molecular weight excluding hydrogens is 328 g/mol. The molecule has 1 N–H and O–H groups in total. The predicted octanol–water partition coefficient (Wildman–Crippen LogP) is 2.35. The van der Waals surface area contributed by atoms with Crippen molar-refractivity contribution >= 4 is 17.6 Å². The fourth-order valence-corrected chi connectivity index (χ4v) is 2.37. The predicted molar refractivity (Wildman–Crippen MR) is 91.7 cm³/mol. The molecule has 9 nitrogen and oxygen atoms in total. The number of rotatable bonds is 4. The maximum absolute atomic E-state index is 12.1. The Morgan fingerprint density at radius 2 is 2.28 bits per heavy atom. The Morgan fingerprint density at radius 3 is 2.92 bits per heavy atom. The summed E-state index contributed by atoms with van der Waals surface area (Å²) in [6.45, 7) is 8.67. The third-order valence-electron chi connectivity index (χ3n) is 3.49. The zero-order chi connectivity index (χ0) is 18.6. The van der Waals surface area contributed by atoms with Crippen LogP contribution in [-0.2, 0) is 9.47 Å². The summed E-state index contributed by atoms with van der Waals surface area (Å²) < 4.78 is 11.0. The van der Waals surface area contributed by atoms with E-state index >= 15 is 0 Å². The lowest BCUT2D eigenvalue weighted by Gasteiger charge is -2.34. The van der Waals surface area contributed by atoms with Gasteiger partial charge in [-0.15, -0.1) is 0 Å². The number of morpholine rings is 1. The molecule has 2 heterocycles. The monoisotopic (exact) mass is 352 g/mol. The highest BCUT2D eigenvalue weighted by atomic mass is 16.6. The van der Waals surface area contributed by atoms with Gasteiger partial charge in [-0.2, -0.15) is 0 Å². The van der Waals surface area contributed by atoms with Gasteiger partial charge in [0.2, 0.25) is 5.82 Å². The lowest BCUT2D eigenvalue weighted by atomic mass is 10.2. The van der Waals surface area contributed by atoms with E-state index in [0.29, 0.717) is 31.8 Å². The summed E-state index contributed by atoms with van der Waals surface area (Å²) in [5, 5.41) is 14.1. The smallest absolute Gasteiger partial charge is 0.410 e. The highest BCUT2D eigenvalue weighted by Crippen LogP contribution is 2.22. The summed E-state index contributed by atoms with van der Waals surface area (Å²) in [6, 6.07) is 1.46. The summed E-state index contributed by atoms with van der Waals surface area (Å²) in [5.41, 5.74) is 0.0670. The van der Waals surface area contributed by atoms with Crippen molar-refractivity contribution in [1.29, 1.82) is 0 Å². The summed E-state index contributed by atoms with van der Waals surface area (Å²) in [5.74, 6) is 0.189. The number of amides is 1. The number of nitro groups is 1. The highest BCUT2D eigenvalue weighted by molar-refractivity contribution is 5.68. The van der Waals surface area contributed by atoms with Crippen LogP contribution in [0, 0.1) is 17.0 Å². The molecular formula is C16H24N4O5. The van der Waals surface area contributed by atoms with E-state index in [-0.39, 0.29) is 23.7 Å². The molecule has 1 saturated heterocycles. The number of aryl methyl sites for hydroxylation is 1. The quantitative estimate of drug-likeness (QED) is 0.654. The normalized spacial score (nSPS) is 17.9. The summed E-state index contributed by atoms with van der Waals surface area (Å²) in [6.07, 6.45) is 0.869. The zero-order valence-electron chi connectivity index (χ0n) is 14.9. The Kier molecular flexibility index (Phi) is 5.78. The molecule has 1 atom stereocenters. The number of nitrogens with one attached hydrogen (secondary N) is 1. The third kappa shape index (κ3) is 5.56. The van der Waals surface area contributed by atoms with Crippen molar-refractivity contribution in [2.24, 2.45) is 0 Å². The van der Waals surface area contributed by atoms with Crippen molar-refractivity contribution in [3.63, 3.8) is 0 Å². The van der Waals surface area contributed by atoms with Crippen molar-refractivity contribution < 1.29 is 19.2 Å². The molecule has 1 aromatic heterocycles. The molecule has 0 aliphatic carbocycles. The summed E-state index contributed by atoms with van der Waals surface area (Å²) in [7, 11) is 0. The molecule has 0 radical (unpaired) electrons. The fraction of sp³-hybridized carbons (Fsp3) is 0.625. The van der Waals surface area contributed by atoms with Gasteiger partial charge >= 0.3 is 11.8 Å². The van der Waals surface area contributed by atoms with E-state index in [1.54, 1.807) is 18.0 Å². The lowest BCUT2D eigenvalue weighted by Crippen LogP contribution is -2.49. The Hall–Kier alpha value is -2.42. The molecule has 1 fully saturated rings. The molecule has 25 heavy (non-hydrogen) atoms. The van der Waals surface area contributed by atoms with Crippen LogP contribution in [0.25, 0.3) is 0 Å². The number of aromatic nitrogens is 1. The first-order valence-electron chi connectivity index (χ1n) is 8.10. The second-order valence-electron chi connectivity index (χ2n) is 6.94. The van der Waals surface area contributed by atoms with E-state index in [4.69, 9.17) is 9.47 Å². The Balaban J connectivity index is 1.95. The van der Waals surface area contributed by atoms with Crippen molar-refractivity contribution in [1.82, 2.24) is 9.88 Å². The van der Waals surface area contributed by atoms with Gasteiger partial charge in [-0.3, -0.25) is 10.1 Å². The van der Waals surface area contributed by atoms with Gasteiger partial charge in [-0.25, -0.2) is 9.78 Å². The van der Waals surface area contributed by atoms with Gasteiger partial charge in [-0.05, 0) is 33.3 Å². The Morgan fingerprint density at radius 1 is 1.56 bits per heavy atom. The maximum atomic E-state index is 12.1. The van der Waals surface area contributed by atoms with E-state index in [1.165, 1.54) is 6.07 Å².